The zero-order chi connectivity index (χ0) is 29.5. The largest absolute Gasteiger partial charge is 0.462 e. The number of carbonyl (C=O) groups is 3. The third-order valence-corrected chi connectivity index (χ3v) is 8.44. The van der Waals surface area contributed by atoms with Gasteiger partial charge in [-0.25, -0.2) is 4.79 Å². The molecular weight excluding hydrogens is 569 g/mol. The van der Waals surface area contributed by atoms with Gasteiger partial charge in [0.1, 0.15) is 15.8 Å². The molecule has 212 valence electrons. The molecule has 2 amide bonds. The second kappa shape index (κ2) is 13.4. The molecule has 1 atom stereocenters. The first kappa shape index (κ1) is 28.9. The van der Waals surface area contributed by atoms with E-state index >= 15 is 0 Å². The SMILES string of the molecule is CCOC(=O)c1c(-c2ccc(C)cc2)csc1NC(=O)C(Sc1cccc(NC(=O)c2ccco2)c1)c1ccccc1. The fourth-order valence-corrected chi connectivity index (χ4v) is 6.31. The minimum atomic E-state index is -0.651. The number of amides is 2. The van der Waals surface area contributed by atoms with E-state index in [1.54, 1.807) is 31.2 Å². The van der Waals surface area contributed by atoms with E-state index in [1.165, 1.54) is 29.4 Å². The Labute approximate surface area is 251 Å². The zero-order valence-corrected chi connectivity index (χ0v) is 24.6. The van der Waals surface area contributed by atoms with Crippen LogP contribution in [0.25, 0.3) is 11.1 Å². The number of nitrogens with one attached hydrogen (secondary N) is 2. The summed E-state index contributed by atoms with van der Waals surface area (Å²) < 4.78 is 10.6. The highest BCUT2D eigenvalue weighted by atomic mass is 32.2. The summed E-state index contributed by atoms with van der Waals surface area (Å²) in [7, 11) is 0. The summed E-state index contributed by atoms with van der Waals surface area (Å²) in [4.78, 5) is 40.3. The van der Waals surface area contributed by atoms with E-state index in [-0.39, 0.29) is 24.2 Å². The quantitative estimate of drug-likeness (QED) is 0.125. The maximum atomic E-state index is 13.9. The molecule has 0 radical (unpaired) electrons. The molecular formula is C33H28N2O5S2. The second-order valence-corrected chi connectivity index (χ2v) is 11.4. The smallest absolute Gasteiger partial charge is 0.341 e. The van der Waals surface area contributed by atoms with E-state index in [0.717, 1.165) is 21.6 Å². The summed E-state index contributed by atoms with van der Waals surface area (Å²) in [5, 5.41) is 7.47. The van der Waals surface area contributed by atoms with Crippen LogP contribution >= 0.6 is 23.1 Å². The fraction of sp³-hybridized carbons (Fsp3) is 0.121. The highest BCUT2D eigenvalue weighted by Gasteiger charge is 2.27. The van der Waals surface area contributed by atoms with Gasteiger partial charge in [0.15, 0.2) is 5.76 Å². The molecule has 0 aliphatic carbocycles. The van der Waals surface area contributed by atoms with Crippen LogP contribution in [0.4, 0.5) is 10.7 Å². The van der Waals surface area contributed by atoms with Crippen LogP contribution in [-0.4, -0.2) is 24.4 Å². The van der Waals surface area contributed by atoms with Crippen molar-refractivity contribution < 1.29 is 23.5 Å². The number of ether oxygens (including phenoxy) is 1. The van der Waals surface area contributed by atoms with Gasteiger partial charge in [-0.2, -0.15) is 0 Å². The van der Waals surface area contributed by atoms with E-state index in [1.807, 2.05) is 79.0 Å². The minimum absolute atomic E-state index is 0.202. The first-order valence-corrected chi connectivity index (χ1v) is 15.0. The van der Waals surface area contributed by atoms with Gasteiger partial charge < -0.3 is 19.8 Å². The normalized spacial score (nSPS) is 11.5. The first-order valence-electron chi connectivity index (χ1n) is 13.3. The lowest BCUT2D eigenvalue weighted by Crippen LogP contribution is -2.20. The van der Waals surface area contributed by atoms with E-state index in [9.17, 15) is 14.4 Å². The molecule has 7 nitrogen and oxygen atoms in total. The number of carbonyl (C=O) groups excluding carboxylic acids is 3. The Balaban J connectivity index is 1.43. The van der Waals surface area contributed by atoms with Crippen LogP contribution < -0.4 is 10.6 Å². The third-order valence-electron chi connectivity index (χ3n) is 6.30. The van der Waals surface area contributed by atoms with Gasteiger partial charge in [0.2, 0.25) is 5.91 Å². The van der Waals surface area contributed by atoms with Gasteiger partial charge in [-0.1, -0.05) is 66.2 Å². The molecule has 9 heteroatoms. The van der Waals surface area contributed by atoms with Gasteiger partial charge in [0, 0.05) is 21.5 Å². The van der Waals surface area contributed by atoms with Crippen molar-refractivity contribution in [2.24, 2.45) is 0 Å². The molecule has 0 aliphatic rings. The first-order chi connectivity index (χ1) is 20.4. The molecule has 2 aromatic heterocycles. The number of aryl methyl sites for hydroxylation is 1. The highest BCUT2D eigenvalue weighted by molar-refractivity contribution is 8.00. The molecule has 0 bridgehead atoms. The Kier molecular flexibility index (Phi) is 9.21. The van der Waals surface area contributed by atoms with Crippen molar-refractivity contribution in [3.8, 4) is 11.1 Å². The van der Waals surface area contributed by atoms with Gasteiger partial charge >= 0.3 is 5.97 Å². The number of hydrogen-bond donors (Lipinski definition) is 2. The topological polar surface area (TPSA) is 97.6 Å². The van der Waals surface area contributed by atoms with Crippen LogP contribution in [0.3, 0.4) is 0 Å². The van der Waals surface area contributed by atoms with E-state index in [4.69, 9.17) is 9.15 Å². The number of furan rings is 1. The van der Waals surface area contributed by atoms with E-state index in [2.05, 4.69) is 10.6 Å². The summed E-state index contributed by atoms with van der Waals surface area (Å²) in [5.74, 6) is -0.950. The lowest BCUT2D eigenvalue weighted by molar-refractivity contribution is -0.115. The molecule has 0 spiro atoms. The molecule has 2 heterocycles. The number of thiophene rings is 1. The van der Waals surface area contributed by atoms with Crippen LogP contribution in [0, 0.1) is 6.92 Å². The van der Waals surface area contributed by atoms with Crippen molar-refractivity contribution in [1.82, 2.24) is 0 Å². The number of thioether (sulfide) groups is 1. The zero-order valence-electron chi connectivity index (χ0n) is 23.0. The predicted molar refractivity (Wildman–Crippen MR) is 167 cm³/mol. The molecule has 42 heavy (non-hydrogen) atoms. The van der Waals surface area contributed by atoms with Gasteiger partial charge in [-0.15, -0.1) is 23.1 Å². The summed E-state index contributed by atoms with van der Waals surface area (Å²) in [5.41, 5.74) is 4.36. The average Bonchev–Trinajstić information content (AvgIpc) is 3.68. The molecule has 0 aliphatic heterocycles. The van der Waals surface area contributed by atoms with E-state index in [0.29, 0.717) is 21.8 Å². The van der Waals surface area contributed by atoms with Crippen molar-refractivity contribution in [3.05, 3.63) is 125 Å². The molecule has 3 aromatic carbocycles. The summed E-state index contributed by atoms with van der Waals surface area (Å²) in [6, 6.07) is 27.8. The standard InChI is InChI=1S/C33H28N2O5S2/c1-3-39-33(38)28-26(22-16-14-21(2)15-17-22)20-41-32(28)35-31(37)29(23-9-5-4-6-10-23)42-25-12-7-11-24(19-25)34-30(36)27-13-8-18-40-27/h4-20,29H,3H2,1-2H3,(H,34,36)(H,35,37). The van der Waals surface area contributed by atoms with Gasteiger partial charge in [-0.05, 0) is 55.3 Å². The summed E-state index contributed by atoms with van der Waals surface area (Å²) in [6.07, 6.45) is 1.44. The number of esters is 1. The maximum absolute atomic E-state index is 13.9. The second-order valence-electron chi connectivity index (χ2n) is 9.30. The number of benzene rings is 3. The Morgan fingerprint density at radius 2 is 1.71 bits per heavy atom. The van der Waals surface area contributed by atoms with Gasteiger partial charge in [0.05, 0.1) is 12.9 Å². The molecule has 0 fully saturated rings. The lowest BCUT2D eigenvalue weighted by Gasteiger charge is -2.18. The van der Waals surface area contributed by atoms with Crippen molar-refractivity contribution in [1.29, 1.82) is 0 Å². The lowest BCUT2D eigenvalue weighted by atomic mass is 10.0. The molecule has 5 rings (SSSR count). The Hall–Kier alpha value is -4.60. The van der Waals surface area contributed by atoms with Crippen molar-refractivity contribution in [3.63, 3.8) is 0 Å². The summed E-state index contributed by atoms with van der Waals surface area (Å²) >= 11 is 2.63. The number of anilines is 2. The van der Waals surface area contributed by atoms with Crippen molar-refractivity contribution in [2.45, 2.75) is 24.0 Å². The fourth-order valence-electron chi connectivity index (χ4n) is 4.26. The molecule has 0 saturated carbocycles. The number of rotatable bonds is 10. The Bertz CT molecular complexity index is 1680. The maximum Gasteiger partial charge on any atom is 0.341 e. The predicted octanol–water partition coefficient (Wildman–Crippen LogP) is 8.22. The monoisotopic (exact) mass is 596 g/mol. The summed E-state index contributed by atoms with van der Waals surface area (Å²) in [6.45, 7) is 3.96. The molecule has 2 N–H and O–H groups in total. The Morgan fingerprint density at radius 1 is 0.929 bits per heavy atom. The van der Waals surface area contributed by atoms with Gasteiger partial charge in [-0.3, -0.25) is 9.59 Å². The highest BCUT2D eigenvalue weighted by Crippen LogP contribution is 2.40. The van der Waals surface area contributed by atoms with Crippen LogP contribution in [-0.2, 0) is 9.53 Å². The Morgan fingerprint density at radius 3 is 2.43 bits per heavy atom. The average molecular weight is 597 g/mol. The van der Waals surface area contributed by atoms with Crippen LogP contribution in [0.5, 0.6) is 0 Å². The van der Waals surface area contributed by atoms with Gasteiger partial charge in [0.25, 0.3) is 5.91 Å². The minimum Gasteiger partial charge on any atom is -0.462 e. The van der Waals surface area contributed by atoms with E-state index < -0.39 is 11.2 Å². The van der Waals surface area contributed by atoms with Crippen LogP contribution in [0.1, 0.15) is 44.2 Å². The third kappa shape index (κ3) is 6.82. The molecule has 1 unspecified atom stereocenters. The van der Waals surface area contributed by atoms with Crippen molar-refractivity contribution >= 4 is 51.6 Å². The van der Waals surface area contributed by atoms with Crippen LogP contribution in [0.2, 0.25) is 0 Å². The number of hydrogen-bond acceptors (Lipinski definition) is 7. The van der Waals surface area contributed by atoms with Crippen molar-refractivity contribution in [2.75, 3.05) is 17.2 Å². The molecule has 0 saturated heterocycles. The van der Waals surface area contributed by atoms with Crippen LogP contribution in [0.15, 0.2) is 112 Å². The molecule has 5 aromatic rings.